The van der Waals surface area contributed by atoms with Crippen LogP contribution in [-0.4, -0.2) is 58.6 Å². The smallest absolute Gasteiger partial charge is 0.238 e. The molecule has 21 aromatic carbocycles. The Labute approximate surface area is 859 Å². The largest absolute Gasteiger partial charge is 0.456 e. The normalized spacial score (nSPS) is 11.6. The molecule has 0 N–H and O–H groups in total. The van der Waals surface area contributed by atoms with Gasteiger partial charge in [-0.3, -0.25) is 13.7 Å². The second kappa shape index (κ2) is 37.0. The van der Waals surface area contributed by atoms with Crippen LogP contribution in [0.4, 0.5) is 0 Å². The average Bonchev–Trinajstić information content (AvgIpc) is 1.55. The Kier molecular flexibility index (Phi) is 21.5. The number of furan rings is 3. The summed E-state index contributed by atoms with van der Waals surface area (Å²) < 4.78 is 26.0. The van der Waals surface area contributed by atoms with Crippen LogP contribution in [0, 0.1) is 0 Å². The summed E-state index contributed by atoms with van der Waals surface area (Å²) in [7, 11) is 0. The molecule has 0 unspecified atom stereocenters. The van der Waals surface area contributed by atoms with Gasteiger partial charge in [0, 0.05) is 98.0 Å². The first-order valence-corrected chi connectivity index (χ1v) is 50.1. The van der Waals surface area contributed by atoms with E-state index in [9.17, 15) is 0 Å². The van der Waals surface area contributed by atoms with E-state index in [0.717, 1.165) is 220 Å². The molecule has 15 nitrogen and oxygen atoms in total. The van der Waals surface area contributed by atoms with Crippen molar-refractivity contribution in [2.45, 2.75) is 0 Å². The average molecular weight is 1920 g/mol. The van der Waals surface area contributed by atoms with Gasteiger partial charge in [-0.1, -0.05) is 413 Å². The molecule has 150 heavy (non-hydrogen) atoms. The van der Waals surface area contributed by atoms with Gasteiger partial charge >= 0.3 is 0 Å². The van der Waals surface area contributed by atoms with Gasteiger partial charge in [-0.2, -0.15) is 29.9 Å². The minimum Gasteiger partial charge on any atom is -0.456 e. The zero-order chi connectivity index (χ0) is 99.1. The summed E-state index contributed by atoms with van der Waals surface area (Å²) in [4.78, 5) is 46.6. The van der Waals surface area contributed by atoms with Gasteiger partial charge in [-0.05, 0) is 164 Å². The maximum Gasteiger partial charge on any atom is 0.238 e. The standard InChI is InChI=1S/3C45H28N4O/c1-4-15-29(16-5-1)33-23-14-25-38-41(33)34-21-10-12-24-37(34)49(38)45-47-43(31-19-8-3-9-20-31)46-44(48-45)32-27-36(30-17-6-2-7-18-30)42-35-22-11-13-26-39(35)50-40(42)28-32;1-4-14-29(15-5-1)32-24-25-35-34-20-10-12-22-38(34)49(39(35)27-32)45-47-43(31-18-8-3-9-19-31)46-44(48-45)33-26-37(30-16-6-2-7-17-30)42-36-21-11-13-23-40(36)50-41(42)28-33;1-4-14-29(15-5-1)32-24-25-39-37(26-32)34-20-10-12-22-38(34)49(39)45-47-43(31-18-8-3-9-19-31)46-44(48-45)33-27-36(30-16-6-2-7-17-30)42-35-21-11-13-23-40(35)50-41(42)28-33/h3*1-28H. The summed E-state index contributed by atoms with van der Waals surface area (Å²) in [6.07, 6.45) is 0. The number of rotatable bonds is 15. The second-order valence-electron chi connectivity index (χ2n) is 37.3. The number of nitrogens with zero attached hydrogens (tertiary/aromatic N) is 12. The summed E-state index contributed by atoms with van der Waals surface area (Å²) in [6, 6.07) is 176. The van der Waals surface area contributed by atoms with Crippen molar-refractivity contribution in [3.8, 4) is 153 Å². The molecule has 0 amide bonds. The van der Waals surface area contributed by atoms with Gasteiger partial charge in [0.25, 0.3) is 0 Å². The van der Waals surface area contributed by atoms with Crippen molar-refractivity contribution < 1.29 is 13.3 Å². The fraction of sp³-hybridized carbons (Fsp3) is 0. The zero-order valence-corrected chi connectivity index (χ0v) is 80.6. The zero-order valence-electron chi connectivity index (χ0n) is 80.6. The van der Waals surface area contributed by atoms with Crippen LogP contribution in [0.2, 0.25) is 0 Å². The van der Waals surface area contributed by atoms with Gasteiger partial charge in [0.05, 0.1) is 33.1 Å². The van der Waals surface area contributed by atoms with Crippen molar-refractivity contribution in [2.75, 3.05) is 0 Å². The molecule has 15 heteroatoms. The van der Waals surface area contributed by atoms with E-state index in [2.05, 4.69) is 366 Å². The van der Waals surface area contributed by atoms with Crippen molar-refractivity contribution in [3.05, 3.63) is 510 Å². The number of benzene rings is 21. The summed E-state index contributed by atoms with van der Waals surface area (Å²) in [5.74, 6) is 5.16. The minimum atomic E-state index is 0.552. The lowest BCUT2D eigenvalue weighted by atomic mass is 9.97. The predicted molar refractivity (Wildman–Crippen MR) is 610 cm³/mol. The van der Waals surface area contributed by atoms with Crippen molar-refractivity contribution in [1.82, 2.24) is 58.6 Å². The molecular weight excluding hydrogens is 1840 g/mol. The summed E-state index contributed by atoms with van der Waals surface area (Å²) >= 11 is 0. The van der Waals surface area contributed by atoms with Crippen molar-refractivity contribution >= 4 is 131 Å². The molecule has 0 spiro atoms. The molecule has 0 aliphatic rings. The van der Waals surface area contributed by atoms with Gasteiger partial charge in [0.2, 0.25) is 17.8 Å². The SMILES string of the molecule is c1ccc(-c2ccc3c(c2)c2ccccc2n3-c2nc(-c3ccccc3)nc(-c3cc(-c4ccccc4)c4c(c3)oc3ccccc34)n2)cc1.c1ccc(-c2ccc3c4ccccc4n(-c4nc(-c5ccccc5)nc(-c5cc(-c6ccccc6)c6c(c5)oc5ccccc56)n4)c3c2)cc1.c1ccc(-c2nc(-c3cc(-c4ccccc4)c4c(c3)oc3ccccc34)nc(-n3c4ccccc4c4c(-c5ccccc5)cccc43)n2)cc1. The molecule has 0 aliphatic heterocycles. The van der Waals surface area contributed by atoms with E-state index < -0.39 is 0 Å². The number of hydrogen-bond donors (Lipinski definition) is 0. The summed E-state index contributed by atoms with van der Waals surface area (Å²) in [5, 5.41) is 13.3. The molecule has 0 aliphatic carbocycles. The van der Waals surface area contributed by atoms with Crippen molar-refractivity contribution in [2.24, 2.45) is 0 Å². The van der Waals surface area contributed by atoms with Crippen LogP contribution >= 0.6 is 0 Å². The van der Waals surface area contributed by atoms with E-state index in [4.69, 9.17) is 58.1 Å². The molecule has 0 bridgehead atoms. The highest BCUT2D eigenvalue weighted by atomic mass is 16.3. The van der Waals surface area contributed by atoms with E-state index in [1.807, 2.05) is 158 Å². The fourth-order valence-electron chi connectivity index (χ4n) is 21.5. The quantitative estimate of drug-likeness (QED) is 0.0953. The lowest BCUT2D eigenvalue weighted by Gasteiger charge is -2.12. The number of para-hydroxylation sites is 6. The Morgan fingerprint density at radius 2 is 0.387 bits per heavy atom. The highest BCUT2D eigenvalue weighted by molar-refractivity contribution is 6.19. The predicted octanol–water partition coefficient (Wildman–Crippen LogP) is 34.6. The fourth-order valence-corrected chi connectivity index (χ4v) is 21.5. The maximum absolute atomic E-state index is 6.49. The lowest BCUT2D eigenvalue weighted by Crippen LogP contribution is -2.06. The molecule has 9 heterocycles. The topological polar surface area (TPSA) is 170 Å². The van der Waals surface area contributed by atoms with E-state index in [1.54, 1.807) is 0 Å². The first kappa shape index (κ1) is 87.3. The van der Waals surface area contributed by atoms with Gasteiger partial charge in [0.15, 0.2) is 34.9 Å². The third kappa shape index (κ3) is 15.6. The van der Waals surface area contributed by atoms with Crippen molar-refractivity contribution in [3.63, 3.8) is 0 Å². The van der Waals surface area contributed by atoms with Crippen LogP contribution in [-0.2, 0) is 0 Å². The summed E-state index contributed by atoms with van der Waals surface area (Å²) in [5.41, 5.74) is 29.8. The molecule has 30 rings (SSSR count). The minimum absolute atomic E-state index is 0.552. The molecule has 0 saturated carbocycles. The monoisotopic (exact) mass is 1920 g/mol. The number of fused-ring (bicyclic) bond motifs is 18. The highest BCUT2D eigenvalue weighted by Gasteiger charge is 2.28. The molecule has 0 atom stereocenters. The third-order valence-corrected chi connectivity index (χ3v) is 28.4. The molecule has 0 radical (unpaired) electrons. The van der Waals surface area contributed by atoms with Crippen LogP contribution in [0.5, 0.6) is 0 Å². The number of aromatic nitrogens is 12. The Bertz CT molecular complexity index is 10200. The first-order valence-electron chi connectivity index (χ1n) is 50.1. The summed E-state index contributed by atoms with van der Waals surface area (Å²) in [6.45, 7) is 0. The van der Waals surface area contributed by atoms with E-state index in [1.165, 1.54) is 11.1 Å². The molecular formula is C135H84N12O3. The molecule has 30 aromatic rings. The lowest BCUT2D eigenvalue weighted by molar-refractivity contribution is 0.668. The van der Waals surface area contributed by atoms with E-state index in [-0.39, 0.29) is 0 Å². The Morgan fingerprint density at radius 1 is 0.127 bits per heavy atom. The van der Waals surface area contributed by atoms with Crippen LogP contribution in [0.25, 0.3) is 284 Å². The number of hydrogen-bond acceptors (Lipinski definition) is 12. The maximum atomic E-state index is 6.49. The first-order chi connectivity index (χ1) is 74.4. The van der Waals surface area contributed by atoms with Crippen LogP contribution in [0.15, 0.2) is 523 Å². The van der Waals surface area contributed by atoms with Crippen molar-refractivity contribution in [1.29, 1.82) is 0 Å². The second-order valence-corrected chi connectivity index (χ2v) is 37.3. The molecule has 0 fully saturated rings. The molecule has 702 valence electrons. The van der Waals surface area contributed by atoms with E-state index >= 15 is 0 Å². The molecule has 9 aromatic heterocycles. The third-order valence-electron chi connectivity index (χ3n) is 28.4. The highest BCUT2D eigenvalue weighted by Crippen LogP contribution is 2.48. The Morgan fingerprint density at radius 3 is 0.767 bits per heavy atom. The Balaban J connectivity index is 0.000000108. The van der Waals surface area contributed by atoms with Gasteiger partial charge in [-0.25, -0.2) is 15.0 Å². The van der Waals surface area contributed by atoms with Gasteiger partial charge in [0.1, 0.15) is 33.5 Å². The van der Waals surface area contributed by atoms with Gasteiger partial charge in [-0.15, -0.1) is 0 Å². The Hall–Kier alpha value is -20.6. The van der Waals surface area contributed by atoms with E-state index in [0.29, 0.717) is 52.8 Å². The van der Waals surface area contributed by atoms with Gasteiger partial charge < -0.3 is 13.3 Å². The van der Waals surface area contributed by atoms with Crippen LogP contribution in [0.3, 0.4) is 0 Å². The van der Waals surface area contributed by atoms with Crippen LogP contribution in [0.1, 0.15) is 0 Å². The van der Waals surface area contributed by atoms with Crippen LogP contribution < -0.4 is 0 Å². The molecule has 0 saturated heterocycles.